The Labute approximate surface area is 104 Å². The number of benzene rings is 1. The molecule has 1 unspecified atom stereocenters. The standard InChI is InChI=1S/C12H14BF3O2/c1-3-11-7-17-13(18-11)10-5-8(2)4-9(6-10)12(14,15)16/h4-6,11H,3,7H2,1-2H3. The molecule has 0 N–H and O–H groups in total. The lowest BCUT2D eigenvalue weighted by atomic mass is 9.78. The fourth-order valence-corrected chi connectivity index (χ4v) is 1.95. The molecule has 2 rings (SSSR count). The molecule has 1 saturated heterocycles. The van der Waals surface area contributed by atoms with Crippen LogP contribution in [0.4, 0.5) is 13.2 Å². The van der Waals surface area contributed by atoms with Crippen molar-refractivity contribution < 1.29 is 22.5 Å². The fraction of sp³-hybridized carbons (Fsp3) is 0.500. The zero-order chi connectivity index (χ0) is 13.3. The third-order valence-electron chi connectivity index (χ3n) is 2.90. The zero-order valence-corrected chi connectivity index (χ0v) is 10.3. The van der Waals surface area contributed by atoms with Gasteiger partial charge >= 0.3 is 13.3 Å². The van der Waals surface area contributed by atoms with Gasteiger partial charge in [0.15, 0.2) is 0 Å². The molecule has 1 heterocycles. The number of hydrogen-bond donors (Lipinski definition) is 0. The molecule has 0 radical (unpaired) electrons. The van der Waals surface area contributed by atoms with E-state index in [9.17, 15) is 13.2 Å². The molecule has 1 aromatic rings. The summed E-state index contributed by atoms with van der Waals surface area (Å²) in [5.74, 6) is 0. The number of aryl methyl sites for hydroxylation is 1. The van der Waals surface area contributed by atoms with Crippen molar-refractivity contribution in [1.82, 2.24) is 0 Å². The van der Waals surface area contributed by atoms with Crippen LogP contribution in [-0.2, 0) is 15.5 Å². The smallest absolute Gasteiger partial charge is 0.405 e. The van der Waals surface area contributed by atoms with Gasteiger partial charge in [-0.1, -0.05) is 24.6 Å². The maximum Gasteiger partial charge on any atom is 0.494 e. The molecule has 0 spiro atoms. The Balaban J connectivity index is 2.26. The first-order valence-electron chi connectivity index (χ1n) is 5.86. The van der Waals surface area contributed by atoms with Crippen molar-refractivity contribution in [2.75, 3.05) is 6.61 Å². The average molecular weight is 258 g/mol. The quantitative estimate of drug-likeness (QED) is 0.759. The second-order valence-electron chi connectivity index (χ2n) is 4.46. The van der Waals surface area contributed by atoms with Crippen LogP contribution in [0.15, 0.2) is 18.2 Å². The molecule has 1 aliphatic heterocycles. The van der Waals surface area contributed by atoms with Crippen LogP contribution in [0.3, 0.4) is 0 Å². The Morgan fingerprint density at radius 3 is 2.61 bits per heavy atom. The van der Waals surface area contributed by atoms with E-state index in [0.29, 0.717) is 17.6 Å². The van der Waals surface area contributed by atoms with Crippen LogP contribution >= 0.6 is 0 Å². The predicted octanol–water partition coefficient (Wildman–Crippen LogP) is 2.53. The molecular weight excluding hydrogens is 244 g/mol. The lowest BCUT2D eigenvalue weighted by Crippen LogP contribution is -2.33. The fourth-order valence-electron chi connectivity index (χ4n) is 1.95. The predicted molar refractivity (Wildman–Crippen MR) is 62.7 cm³/mol. The van der Waals surface area contributed by atoms with E-state index in [4.69, 9.17) is 9.31 Å². The highest BCUT2D eigenvalue weighted by molar-refractivity contribution is 6.61. The molecule has 0 aliphatic carbocycles. The van der Waals surface area contributed by atoms with E-state index >= 15 is 0 Å². The summed E-state index contributed by atoms with van der Waals surface area (Å²) in [7, 11) is -0.684. The van der Waals surface area contributed by atoms with E-state index < -0.39 is 18.9 Å². The zero-order valence-electron chi connectivity index (χ0n) is 10.3. The molecule has 2 nitrogen and oxygen atoms in total. The minimum Gasteiger partial charge on any atom is -0.405 e. The molecule has 1 aliphatic rings. The normalized spacial score (nSPS) is 20.5. The van der Waals surface area contributed by atoms with Gasteiger partial charge in [-0.15, -0.1) is 0 Å². The van der Waals surface area contributed by atoms with Crippen LogP contribution in [0.2, 0.25) is 0 Å². The lowest BCUT2D eigenvalue weighted by molar-refractivity contribution is -0.137. The van der Waals surface area contributed by atoms with E-state index in [1.54, 1.807) is 13.0 Å². The van der Waals surface area contributed by atoms with Gasteiger partial charge in [-0.25, -0.2) is 0 Å². The first kappa shape index (κ1) is 13.4. The molecule has 98 valence electrons. The molecule has 0 bridgehead atoms. The van der Waals surface area contributed by atoms with Crippen molar-refractivity contribution in [2.24, 2.45) is 0 Å². The van der Waals surface area contributed by atoms with Crippen LogP contribution < -0.4 is 5.46 Å². The number of halogens is 3. The van der Waals surface area contributed by atoms with Crippen molar-refractivity contribution >= 4 is 12.6 Å². The molecule has 1 fully saturated rings. The monoisotopic (exact) mass is 258 g/mol. The van der Waals surface area contributed by atoms with Crippen molar-refractivity contribution in [3.05, 3.63) is 29.3 Å². The van der Waals surface area contributed by atoms with Crippen LogP contribution in [0.5, 0.6) is 0 Å². The Morgan fingerprint density at radius 2 is 2.06 bits per heavy atom. The number of hydrogen-bond acceptors (Lipinski definition) is 2. The van der Waals surface area contributed by atoms with Crippen LogP contribution in [0.1, 0.15) is 24.5 Å². The van der Waals surface area contributed by atoms with Gasteiger partial charge in [-0.2, -0.15) is 13.2 Å². The Bertz CT molecular complexity index is 434. The van der Waals surface area contributed by atoms with Gasteiger partial charge in [0.1, 0.15) is 0 Å². The molecule has 6 heteroatoms. The summed E-state index contributed by atoms with van der Waals surface area (Å²) in [5, 5.41) is 0. The molecule has 18 heavy (non-hydrogen) atoms. The highest BCUT2D eigenvalue weighted by Crippen LogP contribution is 2.29. The Morgan fingerprint density at radius 1 is 1.33 bits per heavy atom. The third-order valence-corrected chi connectivity index (χ3v) is 2.90. The SMILES string of the molecule is CCC1COB(c2cc(C)cc(C(F)(F)F)c2)O1. The van der Waals surface area contributed by atoms with E-state index in [0.717, 1.165) is 18.6 Å². The third kappa shape index (κ3) is 2.87. The summed E-state index contributed by atoms with van der Waals surface area (Å²) in [4.78, 5) is 0. The number of rotatable bonds is 2. The second-order valence-corrected chi connectivity index (χ2v) is 4.46. The summed E-state index contributed by atoms with van der Waals surface area (Å²) in [6.07, 6.45) is -3.59. The molecule has 0 aromatic heterocycles. The van der Waals surface area contributed by atoms with Gasteiger partial charge in [-0.3, -0.25) is 0 Å². The maximum absolute atomic E-state index is 12.7. The van der Waals surface area contributed by atoms with Gasteiger partial charge in [0.25, 0.3) is 0 Å². The van der Waals surface area contributed by atoms with E-state index in [1.165, 1.54) is 0 Å². The Hall–Kier alpha value is -1.01. The molecule has 1 aromatic carbocycles. The molecule has 1 atom stereocenters. The summed E-state index contributed by atoms with van der Waals surface area (Å²) < 4.78 is 49.0. The van der Waals surface area contributed by atoms with Crippen LogP contribution in [-0.4, -0.2) is 19.8 Å². The van der Waals surface area contributed by atoms with Crippen molar-refractivity contribution in [3.8, 4) is 0 Å². The van der Waals surface area contributed by atoms with Crippen molar-refractivity contribution in [2.45, 2.75) is 32.5 Å². The summed E-state index contributed by atoms with van der Waals surface area (Å²) in [6.45, 7) is 4.01. The maximum atomic E-state index is 12.7. The molecular formula is C12H14BF3O2. The first-order chi connectivity index (χ1) is 8.40. The van der Waals surface area contributed by atoms with Crippen LogP contribution in [0, 0.1) is 6.92 Å². The summed E-state index contributed by atoms with van der Waals surface area (Å²) >= 11 is 0. The average Bonchev–Trinajstić information content (AvgIpc) is 2.75. The first-order valence-corrected chi connectivity index (χ1v) is 5.86. The second kappa shape index (κ2) is 4.94. The largest absolute Gasteiger partial charge is 0.494 e. The minimum atomic E-state index is -4.34. The van der Waals surface area contributed by atoms with E-state index in [1.807, 2.05) is 6.92 Å². The van der Waals surface area contributed by atoms with E-state index in [-0.39, 0.29) is 6.10 Å². The summed E-state index contributed by atoms with van der Waals surface area (Å²) in [6, 6.07) is 3.88. The topological polar surface area (TPSA) is 18.5 Å². The summed E-state index contributed by atoms with van der Waals surface area (Å²) in [5.41, 5.74) is 0.315. The Kier molecular flexibility index (Phi) is 3.68. The highest BCUT2D eigenvalue weighted by atomic mass is 19.4. The van der Waals surface area contributed by atoms with Crippen LogP contribution in [0.25, 0.3) is 0 Å². The van der Waals surface area contributed by atoms with Gasteiger partial charge in [0, 0.05) is 0 Å². The van der Waals surface area contributed by atoms with Gasteiger partial charge in [-0.05, 0) is 24.9 Å². The molecule has 0 saturated carbocycles. The minimum absolute atomic E-state index is 0.0372. The van der Waals surface area contributed by atoms with Gasteiger partial charge < -0.3 is 9.31 Å². The molecule has 0 amide bonds. The lowest BCUT2D eigenvalue weighted by Gasteiger charge is -2.12. The van der Waals surface area contributed by atoms with Crippen molar-refractivity contribution in [3.63, 3.8) is 0 Å². The van der Waals surface area contributed by atoms with Crippen molar-refractivity contribution in [1.29, 1.82) is 0 Å². The van der Waals surface area contributed by atoms with Gasteiger partial charge in [0.2, 0.25) is 0 Å². The van der Waals surface area contributed by atoms with Gasteiger partial charge in [0.05, 0.1) is 18.3 Å². The number of alkyl halides is 3. The van der Waals surface area contributed by atoms with E-state index in [2.05, 4.69) is 0 Å². The highest BCUT2D eigenvalue weighted by Gasteiger charge is 2.36.